The Bertz CT molecular complexity index is 659. The van der Waals surface area contributed by atoms with Crippen molar-refractivity contribution in [3.63, 3.8) is 0 Å². The van der Waals surface area contributed by atoms with E-state index < -0.39 is 0 Å². The molecule has 1 aliphatic heterocycles. The van der Waals surface area contributed by atoms with Crippen LogP contribution < -0.4 is 9.80 Å². The van der Waals surface area contributed by atoms with E-state index >= 15 is 0 Å². The van der Waals surface area contributed by atoms with Gasteiger partial charge in [0.05, 0.1) is 11.9 Å². The summed E-state index contributed by atoms with van der Waals surface area (Å²) in [5.41, 5.74) is 2.38. The van der Waals surface area contributed by atoms with Gasteiger partial charge in [-0.1, -0.05) is 6.07 Å². The smallest absolute Gasteiger partial charge is 0.292 e. The molecule has 5 heteroatoms. The van der Waals surface area contributed by atoms with Crippen LogP contribution in [0.15, 0.2) is 42.7 Å². The van der Waals surface area contributed by atoms with Crippen molar-refractivity contribution in [2.45, 2.75) is 6.92 Å². The Morgan fingerprint density at radius 1 is 1.20 bits per heavy atom. The van der Waals surface area contributed by atoms with Gasteiger partial charge in [-0.3, -0.25) is 14.8 Å². The largest absolute Gasteiger partial charge is 0.329 e. The maximum Gasteiger partial charge on any atom is 0.329 e. The van der Waals surface area contributed by atoms with Crippen LogP contribution in [0.3, 0.4) is 0 Å². The number of rotatable bonds is 2. The molecular formula is C15H14FN3O. The summed E-state index contributed by atoms with van der Waals surface area (Å²) in [6.45, 7) is 3.05. The average molecular weight is 271 g/mol. The van der Waals surface area contributed by atoms with Crippen molar-refractivity contribution in [2.24, 2.45) is 0 Å². The van der Waals surface area contributed by atoms with Crippen molar-refractivity contribution in [1.82, 2.24) is 4.98 Å². The Balaban J connectivity index is 1.90. The van der Waals surface area contributed by atoms with Crippen LogP contribution in [-0.4, -0.2) is 24.1 Å². The minimum atomic E-state index is -0.341. The number of carbonyl (C=O) groups excluding carboxylic acids is 1. The van der Waals surface area contributed by atoms with Gasteiger partial charge in [-0.05, 0) is 36.8 Å². The first-order valence-corrected chi connectivity index (χ1v) is 6.42. The number of pyridine rings is 1. The lowest BCUT2D eigenvalue weighted by Crippen LogP contribution is -2.32. The molecule has 0 unspecified atom stereocenters. The van der Waals surface area contributed by atoms with E-state index in [0.717, 1.165) is 11.3 Å². The van der Waals surface area contributed by atoms with Gasteiger partial charge >= 0.3 is 6.03 Å². The molecule has 0 saturated carbocycles. The molecule has 1 saturated heterocycles. The average Bonchev–Trinajstić information content (AvgIpc) is 2.81. The van der Waals surface area contributed by atoms with Crippen LogP contribution in [0.4, 0.5) is 20.6 Å². The summed E-state index contributed by atoms with van der Waals surface area (Å²) in [7, 11) is 0. The summed E-state index contributed by atoms with van der Waals surface area (Å²) in [6, 6.07) is 7.81. The van der Waals surface area contributed by atoms with E-state index in [1.807, 2.05) is 13.0 Å². The SMILES string of the molecule is Cc1ccncc1N1CCN(c2cccc(F)c2)C1=O. The molecule has 0 N–H and O–H groups in total. The monoisotopic (exact) mass is 271 g/mol. The number of hydrogen-bond acceptors (Lipinski definition) is 2. The Hall–Kier alpha value is -2.43. The van der Waals surface area contributed by atoms with Gasteiger partial charge in [-0.2, -0.15) is 0 Å². The zero-order chi connectivity index (χ0) is 14.1. The van der Waals surface area contributed by atoms with Crippen LogP contribution in [0.25, 0.3) is 0 Å². The lowest BCUT2D eigenvalue weighted by atomic mass is 10.2. The number of anilines is 2. The van der Waals surface area contributed by atoms with Gasteiger partial charge in [-0.15, -0.1) is 0 Å². The van der Waals surface area contributed by atoms with E-state index in [9.17, 15) is 9.18 Å². The van der Waals surface area contributed by atoms with E-state index in [1.165, 1.54) is 12.1 Å². The molecule has 2 amide bonds. The number of urea groups is 1. The fourth-order valence-corrected chi connectivity index (χ4v) is 2.38. The maximum atomic E-state index is 13.3. The van der Waals surface area contributed by atoms with Crippen molar-refractivity contribution in [3.8, 4) is 0 Å². The second-order valence-corrected chi connectivity index (χ2v) is 4.73. The summed E-state index contributed by atoms with van der Waals surface area (Å²) in [6.07, 6.45) is 3.38. The molecule has 0 bridgehead atoms. The highest BCUT2D eigenvalue weighted by atomic mass is 19.1. The number of benzene rings is 1. The van der Waals surface area contributed by atoms with Crippen LogP contribution in [0.1, 0.15) is 5.56 Å². The Morgan fingerprint density at radius 3 is 2.75 bits per heavy atom. The molecule has 0 aliphatic carbocycles. The zero-order valence-electron chi connectivity index (χ0n) is 11.1. The van der Waals surface area contributed by atoms with Crippen LogP contribution in [-0.2, 0) is 0 Å². The second kappa shape index (κ2) is 4.92. The van der Waals surface area contributed by atoms with Gasteiger partial charge < -0.3 is 0 Å². The molecule has 1 aromatic heterocycles. The fourth-order valence-electron chi connectivity index (χ4n) is 2.38. The van der Waals surface area contributed by atoms with Gasteiger partial charge in [0.2, 0.25) is 0 Å². The van der Waals surface area contributed by atoms with Crippen LogP contribution >= 0.6 is 0 Å². The van der Waals surface area contributed by atoms with Crippen molar-refractivity contribution in [2.75, 3.05) is 22.9 Å². The molecule has 1 aromatic carbocycles. The molecule has 2 aromatic rings. The lowest BCUT2D eigenvalue weighted by molar-refractivity contribution is 0.256. The predicted octanol–water partition coefficient (Wildman–Crippen LogP) is 2.98. The number of aryl methyl sites for hydroxylation is 1. The lowest BCUT2D eigenvalue weighted by Gasteiger charge is -2.19. The Morgan fingerprint density at radius 2 is 2.00 bits per heavy atom. The number of halogens is 1. The first kappa shape index (κ1) is 12.6. The normalized spacial score (nSPS) is 15.0. The van der Waals surface area contributed by atoms with Gasteiger partial charge in [0.1, 0.15) is 5.82 Å². The minimum absolute atomic E-state index is 0.147. The first-order valence-electron chi connectivity index (χ1n) is 6.42. The number of nitrogens with zero attached hydrogens (tertiary/aromatic N) is 3. The number of hydrogen-bond donors (Lipinski definition) is 0. The molecule has 1 aliphatic rings. The number of aromatic nitrogens is 1. The van der Waals surface area contributed by atoms with Crippen molar-refractivity contribution in [3.05, 3.63) is 54.1 Å². The fraction of sp³-hybridized carbons (Fsp3) is 0.200. The molecule has 20 heavy (non-hydrogen) atoms. The maximum absolute atomic E-state index is 13.3. The van der Waals surface area contributed by atoms with Gasteiger partial charge in [0.25, 0.3) is 0 Å². The van der Waals surface area contributed by atoms with E-state index in [0.29, 0.717) is 18.8 Å². The van der Waals surface area contributed by atoms with Gasteiger partial charge in [0.15, 0.2) is 0 Å². The first-order chi connectivity index (χ1) is 9.66. The van der Waals surface area contributed by atoms with Crippen LogP contribution in [0, 0.1) is 12.7 Å². The second-order valence-electron chi connectivity index (χ2n) is 4.73. The van der Waals surface area contributed by atoms with Crippen molar-refractivity contribution >= 4 is 17.4 Å². The van der Waals surface area contributed by atoms with Crippen LogP contribution in [0.5, 0.6) is 0 Å². The third-order valence-electron chi connectivity index (χ3n) is 3.43. The quantitative estimate of drug-likeness (QED) is 0.842. The highest BCUT2D eigenvalue weighted by Gasteiger charge is 2.31. The van der Waals surface area contributed by atoms with Crippen molar-refractivity contribution in [1.29, 1.82) is 0 Å². The summed E-state index contributed by atoms with van der Waals surface area (Å²) in [5.74, 6) is -0.341. The minimum Gasteiger partial charge on any atom is -0.292 e. The van der Waals surface area contributed by atoms with Crippen LogP contribution in [0.2, 0.25) is 0 Å². The topological polar surface area (TPSA) is 36.4 Å². The Kier molecular flexibility index (Phi) is 3.10. The molecule has 2 heterocycles. The summed E-state index contributed by atoms with van der Waals surface area (Å²) < 4.78 is 13.3. The standard InChI is InChI=1S/C15H14FN3O/c1-11-5-6-17-10-14(11)19-8-7-18(15(19)20)13-4-2-3-12(16)9-13/h2-6,9-10H,7-8H2,1H3. The van der Waals surface area contributed by atoms with Gasteiger partial charge in [0, 0.05) is 25.0 Å². The van der Waals surface area contributed by atoms with E-state index in [4.69, 9.17) is 0 Å². The molecule has 0 radical (unpaired) electrons. The third kappa shape index (κ3) is 2.11. The molecule has 0 spiro atoms. The van der Waals surface area contributed by atoms with E-state index in [1.54, 1.807) is 34.3 Å². The molecule has 1 fully saturated rings. The predicted molar refractivity (Wildman–Crippen MR) is 75.5 cm³/mol. The molecule has 4 nitrogen and oxygen atoms in total. The number of carbonyl (C=O) groups is 1. The highest BCUT2D eigenvalue weighted by Crippen LogP contribution is 2.26. The van der Waals surface area contributed by atoms with Crippen molar-refractivity contribution < 1.29 is 9.18 Å². The van der Waals surface area contributed by atoms with E-state index in [2.05, 4.69) is 4.98 Å². The summed E-state index contributed by atoms with van der Waals surface area (Å²) in [5, 5.41) is 0. The molecule has 3 rings (SSSR count). The third-order valence-corrected chi connectivity index (χ3v) is 3.43. The van der Waals surface area contributed by atoms with Gasteiger partial charge in [-0.25, -0.2) is 9.18 Å². The Labute approximate surface area is 116 Å². The summed E-state index contributed by atoms with van der Waals surface area (Å²) in [4.78, 5) is 19.8. The molecule has 0 atom stereocenters. The molecule has 102 valence electrons. The van der Waals surface area contributed by atoms with E-state index in [-0.39, 0.29) is 11.8 Å². The molecular weight excluding hydrogens is 257 g/mol. The number of amides is 2. The zero-order valence-corrected chi connectivity index (χ0v) is 11.1. The highest BCUT2D eigenvalue weighted by molar-refractivity contribution is 6.06. The summed E-state index contributed by atoms with van der Waals surface area (Å²) >= 11 is 0.